The van der Waals surface area contributed by atoms with Gasteiger partial charge in [-0.1, -0.05) is 29.8 Å². The van der Waals surface area contributed by atoms with Crippen molar-refractivity contribution in [2.45, 2.75) is 32.5 Å². The summed E-state index contributed by atoms with van der Waals surface area (Å²) in [5, 5.41) is 25.9. The highest BCUT2D eigenvalue weighted by Crippen LogP contribution is 2.33. The predicted octanol–water partition coefficient (Wildman–Crippen LogP) is 2.75. The largest absolute Gasteiger partial charge is 0.398 e. The number of aromatic nitrogens is 2. The first-order chi connectivity index (χ1) is 18.3. The zero-order chi connectivity index (χ0) is 26.8. The van der Waals surface area contributed by atoms with Crippen LogP contribution in [0.25, 0.3) is 11.3 Å². The first-order valence-corrected chi connectivity index (χ1v) is 13.3. The number of carbonyl (C=O) groups is 1. The van der Waals surface area contributed by atoms with Gasteiger partial charge in [0.25, 0.3) is 0 Å². The fraction of sp³-hybridized carbons (Fsp3) is 0.393. The number of nitrogens with zero attached hydrogens (tertiary/aromatic N) is 6. The van der Waals surface area contributed by atoms with Gasteiger partial charge in [-0.25, -0.2) is 0 Å². The van der Waals surface area contributed by atoms with Crippen molar-refractivity contribution in [3.63, 3.8) is 0 Å². The number of aliphatic hydroxyl groups excluding tert-OH is 1. The van der Waals surface area contributed by atoms with Gasteiger partial charge in [-0.15, -0.1) is 0 Å². The summed E-state index contributed by atoms with van der Waals surface area (Å²) < 4.78 is 1.90. The summed E-state index contributed by atoms with van der Waals surface area (Å²) in [4.78, 5) is 18.4. The van der Waals surface area contributed by atoms with Crippen LogP contribution in [0.4, 0.5) is 11.4 Å². The molecule has 1 fully saturated rings. The summed E-state index contributed by atoms with van der Waals surface area (Å²) >= 11 is 6.14. The Hall–Kier alpha value is -3.58. The fourth-order valence-corrected chi connectivity index (χ4v) is 5.52. The van der Waals surface area contributed by atoms with E-state index in [-0.39, 0.29) is 5.91 Å². The second-order valence-electron chi connectivity index (χ2n) is 9.95. The standard InChI is InChI=1S/C28H32ClN7O2/c1-19(37)35-9-8-27-23(18-35)28(20-6-7-24(29)25(31)14-20)32-36(27)17-22(38)16-33-10-12-34(13-11-33)26-5-3-2-4-21(26)15-30/h2-7,14,22,38H,8-13,16-18,31H2,1H3. The Bertz CT molecular complexity index is 1370. The summed E-state index contributed by atoms with van der Waals surface area (Å²) in [6.07, 6.45) is 0.0696. The van der Waals surface area contributed by atoms with Crippen LogP contribution >= 0.6 is 11.6 Å². The van der Waals surface area contributed by atoms with Crippen molar-refractivity contribution in [1.29, 1.82) is 5.26 Å². The molecule has 198 valence electrons. The molecule has 2 aliphatic rings. The molecule has 5 rings (SSSR count). The number of nitrogens with two attached hydrogens (primary N) is 1. The maximum Gasteiger partial charge on any atom is 0.219 e. The number of β-amino-alcohol motifs (C(OH)–C–C–N with tert-alkyl or cyclic N) is 1. The maximum absolute atomic E-state index is 12.1. The molecular formula is C28H32ClN7O2. The van der Waals surface area contributed by atoms with E-state index in [2.05, 4.69) is 15.9 Å². The minimum Gasteiger partial charge on any atom is -0.398 e. The number of anilines is 2. The van der Waals surface area contributed by atoms with Crippen molar-refractivity contribution < 1.29 is 9.90 Å². The number of hydrogen-bond donors (Lipinski definition) is 2. The SMILES string of the molecule is CC(=O)N1CCc2c(c(-c3ccc(Cl)c(N)c3)nn2CC(O)CN2CCN(c3ccccc3C#N)CC2)C1. The normalized spacial score (nSPS) is 16.7. The lowest BCUT2D eigenvalue weighted by Crippen LogP contribution is -2.49. The summed E-state index contributed by atoms with van der Waals surface area (Å²) in [7, 11) is 0. The summed E-state index contributed by atoms with van der Waals surface area (Å²) in [6.45, 7) is 6.78. The number of amides is 1. The third-order valence-corrected chi connectivity index (χ3v) is 7.78. The molecule has 3 aromatic rings. The van der Waals surface area contributed by atoms with Gasteiger partial charge in [-0.05, 0) is 24.3 Å². The van der Waals surface area contributed by atoms with E-state index in [9.17, 15) is 15.2 Å². The van der Waals surface area contributed by atoms with Crippen LogP contribution in [-0.4, -0.2) is 76.0 Å². The maximum atomic E-state index is 12.1. The van der Waals surface area contributed by atoms with Gasteiger partial charge in [0.2, 0.25) is 5.91 Å². The van der Waals surface area contributed by atoms with Gasteiger partial charge < -0.3 is 20.6 Å². The Balaban J connectivity index is 1.29. The van der Waals surface area contributed by atoms with E-state index >= 15 is 0 Å². The van der Waals surface area contributed by atoms with Gasteiger partial charge in [0.15, 0.2) is 0 Å². The second kappa shape index (κ2) is 11.0. The quantitative estimate of drug-likeness (QED) is 0.468. The highest BCUT2D eigenvalue weighted by molar-refractivity contribution is 6.33. The molecule has 1 unspecified atom stereocenters. The number of rotatable bonds is 6. The van der Waals surface area contributed by atoms with Gasteiger partial charge in [-0.3, -0.25) is 14.4 Å². The highest BCUT2D eigenvalue weighted by Gasteiger charge is 2.28. The Labute approximate surface area is 227 Å². The lowest BCUT2D eigenvalue weighted by molar-refractivity contribution is -0.129. The van der Waals surface area contributed by atoms with Crippen LogP contribution in [-0.2, 0) is 24.3 Å². The number of piperazine rings is 1. The van der Waals surface area contributed by atoms with Gasteiger partial charge in [0.05, 0.1) is 40.3 Å². The first-order valence-electron chi connectivity index (χ1n) is 12.9. The van der Waals surface area contributed by atoms with E-state index in [0.717, 1.165) is 54.4 Å². The molecule has 0 radical (unpaired) electrons. The number of halogens is 1. The minimum atomic E-state index is -0.606. The molecule has 3 heterocycles. The van der Waals surface area contributed by atoms with Crippen molar-refractivity contribution in [2.75, 3.05) is 49.9 Å². The zero-order valence-corrected chi connectivity index (χ0v) is 22.2. The predicted molar refractivity (Wildman–Crippen MR) is 148 cm³/mol. The molecular weight excluding hydrogens is 502 g/mol. The highest BCUT2D eigenvalue weighted by atomic mass is 35.5. The Morgan fingerprint density at radius 2 is 1.92 bits per heavy atom. The van der Waals surface area contributed by atoms with Crippen LogP contribution in [0, 0.1) is 11.3 Å². The van der Waals surface area contributed by atoms with Gasteiger partial charge in [0.1, 0.15) is 6.07 Å². The third kappa shape index (κ3) is 5.34. The van der Waals surface area contributed by atoms with Crippen LogP contribution in [0.1, 0.15) is 23.7 Å². The molecule has 2 aromatic carbocycles. The van der Waals surface area contributed by atoms with E-state index in [1.165, 1.54) is 0 Å². The van der Waals surface area contributed by atoms with E-state index in [1.54, 1.807) is 13.0 Å². The number of fused-ring (bicyclic) bond motifs is 1. The summed E-state index contributed by atoms with van der Waals surface area (Å²) in [5.74, 6) is 0.0292. The number of carbonyl (C=O) groups excluding carboxylic acids is 1. The van der Waals surface area contributed by atoms with Crippen molar-refractivity contribution in [3.8, 4) is 17.3 Å². The molecule has 1 aromatic heterocycles. The zero-order valence-electron chi connectivity index (χ0n) is 21.5. The second-order valence-corrected chi connectivity index (χ2v) is 10.4. The molecule has 38 heavy (non-hydrogen) atoms. The molecule has 0 saturated carbocycles. The topological polar surface area (TPSA) is 115 Å². The van der Waals surface area contributed by atoms with Crippen molar-refractivity contribution in [3.05, 3.63) is 64.3 Å². The Morgan fingerprint density at radius 1 is 1.16 bits per heavy atom. The first kappa shape index (κ1) is 26.0. The van der Waals surface area contributed by atoms with Crippen molar-refractivity contribution in [1.82, 2.24) is 19.6 Å². The van der Waals surface area contributed by atoms with E-state index in [4.69, 9.17) is 22.4 Å². The molecule has 2 aliphatic heterocycles. The number of para-hydroxylation sites is 1. The van der Waals surface area contributed by atoms with Gasteiger partial charge >= 0.3 is 0 Å². The third-order valence-electron chi connectivity index (χ3n) is 7.44. The van der Waals surface area contributed by atoms with Crippen LogP contribution in [0.2, 0.25) is 5.02 Å². The Kier molecular flexibility index (Phi) is 7.56. The molecule has 0 aliphatic carbocycles. The number of hydrogen-bond acceptors (Lipinski definition) is 7. The molecule has 10 heteroatoms. The van der Waals surface area contributed by atoms with Crippen LogP contribution in [0.15, 0.2) is 42.5 Å². The summed E-state index contributed by atoms with van der Waals surface area (Å²) in [5.41, 5.74) is 11.8. The average Bonchev–Trinajstić information content (AvgIpc) is 3.28. The van der Waals surface area contributed by atoms with Crippen molar-refractivity contribution in [2.24, 2.45) is 0 Å². The Morgan fingerprint density at radius 3 is 2.63 bits per heavy atom. The number of nitrogen functional groups attached to an aromatic ring is 1. The van der Waals surface area contributed by atoms with Gasteiger partial charge in [-0.2, -0.15) is 10.4 Å². The minimum absolute atomic E-state index is 0.0292. The average molecular weight is 534 g/mol. The van der Waals surface area contributed by atoms with Gasteiger partial charge in [0, 0.05) is 76.0 Å². The molecule has 9 nitrogen and oxygen atoms in total. The van der Waals surface area contributed by atoms with Crippen LogP contribution in [0.5, 0.6) is 0 Å². The molecule has 0 bridgehead atoms. The number of nitriles is 1. The monoisotopic (exact) mass is 533 g/mol. The van der Waals surface area contributed by atoms with E-state index < -0.39 is 6.10 Å². The molecule has 1 saturated heterocycles. The lowest BCUT2D eigenvalue weighted by atomic mass is 10.0. The van der Waals surface area contributed by atoms with E-state index in [0.29, 0.717) is 48.9 Å². The fourth-order valence-electron chi connectivity index (χ4n) is 5.40. The molecule has 1 atom stereocenters. The number of benzene rings is 2. The molecule has 0 spiro atoms. The smallest absolute Gasteiger partial charge is 0.219 e. The van der Waals surface area contributed by atoms with Crippen molar-refractivity contribution >= 4 is 28.9 Å². The lowest BCUT2D eigenvalue weighted by Gasteiger charge is -2.37. The molecule has 1 amide bonds. The molecule has 3 N–H and O–H groups in total. The number of aliphatic hydroxyl groups is 1. The van der Waals surface area contributed by atoms with Crippen LogP contribution < -0.4 is 10.6 Å². The van der Waals surface area contributed by atoms with E-state index in [1.807, 2.05) is 46.0 Å². The van der Waals surface area contributed by atoms with Crippen LogP contribution in [0.3, 0.4) is 0 Å². The summed E-state index contributed by atoms with van der Waals surface area (Å²) in [6, 6.07) is 15.4.